The predicted octanol–water partition coefficient (Wildman–Crippen LogP) is 3.65. The van der Waals surface area contributed by atoms with Crippen LogP contribution in [-0.2, 0) is 9.53 Å². The minimum Gasteiger partial charge on any atom is -0.441 e. The molecule has 134 valence electrons. The Morgan fingerprint density at radius 1 is 1.24 bits per heavy atom. The largest absolute Gasteiger partial charge is 0.441 e. The fourth-order valence-electron chi connectivity index (χ4n) is 3.48. The molecule has 0 spiro atoms. The van der Waals surface area contributed by atoms with Gasteiger partial charge in [-0.3, -0.25) is 9.69 Å². The Morgan fingerprint density at radius 3 is 2.84 bits per heavy atom. The summed E-state index contributed by atoms with van der Waals surface area (Å²) in [7, 11) is 0. The first kappa shape index (κ1) is 17.1. The number of furan rings is 1. The Kier molecular flexibility index (Phi) is 5.15. The van der Waals surface area contributed by atoms with Crippen molar-refractivity contribution in [1.29, 1.82) is 0 Å². The average molecular weight is 379 g/mol. The molecule has 1 unspecified atom stereocenters. The molecule has 1 aromatic rings. The molecule has 3 fully saturated rings. The zero-order chi connectivity index (χ0) is 17.2. The second kappa shape index (κ2) is 7.51. The number of thioether (sulfide) groups is 1. The lowest BCUT2D eigenvalue weighted by Crippen LogP contribution is -2.35. The van der Waals surface area contributed by atoms with Gasteiger partial charge in [0.05, 0.1) is 17.6 Å². The van der Waals surface area contributed by atoms with Gasteiger partial charge in [-0.2, -0.15) is 0 Å². The van der Waals surface area contributed by atoms with Crippen molar-refractivity contribution < 1.29 is 13.9 Å². The average Bonchev–Trinajstić information content (AvgIpc) is 3.35. The molecule has 1 amide bonds. The molecule has 3 aliphatic rings. The van der Waals surface area contributed by atoms with Gasteiger partial charge in [-0.05, 0) is 38.2 Å². The molecule has 0 N–H and O–H groups in total. The molecule has 5 nitrogen and oxygen atoms in total. The Bertz CT molecular complexity index is 688. The van der Waals surface area contributed by atoms with Crippen LogP contribution >= 0.6 is 24.0 Å². The van der Waals surface area contributed by atoms with Crippen LogP contribution in [0.2, 0.25) is 0 Å². The van der Waals surface area contributed by atoms with Crippen LogP contribution in [0.25, 0.3) is 6.08 Å². The van der Waals surface area contributed by atoms with Gasteiger partial charge in [-0.1, -0.05) is 24.0 Å². The highest BCUT2D eigenvalue weighted by Crippen LogP contribution is 2.34. The first-order chi connectivity index (χ1) is 12.2. The first-order valence-electron chi connectivity index (χ1n) is 8.92. The third-order valence-electron chi connectivity index (χ3n) is 4.84. The lowest BCUT2D eigenvalue weighted by Gasteiger charge is -2.25. The summed E-state index contributed by atoms with van der Waals surface area (Å²) in [4.78, 5) is 17.2. The molecule has 4 rings (SSSR count). The summed E-state index contributed by atoms with van der Waals surface area (Å²) >= 11 is 6.73. The molecule has 3 aliphatic heterocycles. The van der Waals surface area contributed by atoms with E-state index in [0.717, 1.165) is 38.4 Å². The first-order valence-corrected chi connectivity index (χ1v) is 10.1. The van der Waals surface area contributed by atoms with Gasteiger partial charge in [0.1, 0.15) is 10.1 Å². The van der Waals surface area contributed by atoms with Crippen LogP contribution < -0.4 is 4.90 Å². The lowest BCUT2D eigenvalue weighted by atomic mass is 10.1. The van der Waals surface area contributed by atoms with Crippen LogP contribution in [0.15, 0.2) is 21.5 Å². The Balaban J connectivity index is 1.45. The number of hydrogen-bond acceptors (Lipinski definition) is 6. The molecule has 0 saturated carbocycles. The number of amides is 1. The molecule has 0 aromatic carbocycles. The third kappa shape index (κ3) is 3.78. The molecular formula is C18H22N2O3S2. The van der Waals surface area contributed by atoms with Crippen LogP contribution in [-0.4, -0.2) is 47.5 Å². The van der Waals surface area contributed by atoms with E-state index in [-0.39, 0.29) is 12.0 Å². The van der Waals surface area contributed by atoms with Gasteiger partial charge in [-0.15, -0.1) is 0 Å². The van der Waals surface area contributed by atoms with Gasteiger partial charge in [-0.25, -0.2) is 0 Å². The number of rotatable bonds is 4. The van der Waals surface area contributed by atoms with Crippen LogP contribution in [0.1, 0.15) is 37.9 Å². The maximum Gasteiger partial charge on any atom is 0.266 e. The van der Waals surface area contributed by atoms with E-state index < -0.39 is 0 Å². The summed E-state index contributed by atoms with van der Waals surface area (Å²) in [5.74, 6) is 1.56. The molecule has 0 bridgehead atoms. The van der Waals surface area contributed by atoms with Crippen molar-refractivity contribution >= 4 is 46.2 Å². The van der Waals surface area contributed by atoms with Crippen LogP contribution in [0.4, 0.5) is 5.88 Å². The summed E-state index contributed by atoms with van der Waals surface area (Å²) < 4.78 is 12.2. The second-order valence-electron chi connectivity index (χ2n) is 6.65. The van der Waals surface area contributed by atoms with E-state index in [0.29, 0.717) is 21.5 Å². The maximum atomic E-state index is 12.7. The number of nitrogens with zero attached hydrogens (tertiary/aromatic N) is 2. The van der Waals surface area contributed by atoms with Gasteiger partial charge in [0.15, 0.2) is 5.88 Å². The quantitative estimate of drug-likeness (QED) is 0.589. The number of carbonyl (C=O) groups is 1. The monoisotopic (exact) mass is 378 g/mol. The van der Waals surface area contributed by atoms with Gasteiger partial charge in [0.25, 0.3) is 5.91 Å². The maximum absolute atomic E-state index is 12.7. The SMILES string of the molecule is O=C1/C(=C/c2ccc(N3CCCCC3)o2)SC(=S)N1CC1CCCO1. The normalized spacial score (nSPS) is 26.2. The molecule has 1 aromatic heterocycles. The van der Waals surface area contributed by atoms with E-state index in [4.69, 9.17) is 21.4 Å². The van der Waals surface area contributed by atoms with Crippen molar-refractivity contribution in [2.45, 2.75) is 38.2 Å². The number of anilines is 1. The number of thiocarbonyl (C=S) groups is 1. The molecule has 4 heterocycles. The topological polar surface area (TPSA) is 45.9 Å². The van der Waals surface area contributed by atoms with Crippen molar-refractivity contribution in [3.05, 3.63) is 22.8 Å². The van der Waals surface area contributed by atoms with Crippen LogP contribution in [0, 0.1) is 0 Å². The highest BCUT2D eigenvalue weighted by Gasteiger charge is 2.34. The minimum absolute atomic E-state index is 0.0403. The zero-order valence-corrected chi connectivity index (χ0v) is 15.7. The van der Waals surface area contributed by atoms with E-state index in [1.54, 1.807) is 4.90 Å². The predicted molar refractivity (Wildman–Crippen MR) is 104 cm³/mol. The molecule has 3 saturated heterocycles. The van der Waals surface area contributed by atoms with Gasteiger partial charge in [0.2, 0.25) is 0 Å². The minimum atomic E-state index is -0.0403. The van der Waals surface area contributed by atoms with E-state index in [2.05, 4.69) is 4.90 Å². The van der Waals surface area contributed by atoms with E-state index in [9.17, 15) is 4.79 Å². The fraction of sp³-hybridized carbons (Fsp3) is 0.556. The van der Waals surface area contributed by atoms with Crippen LogP contribution in [0.5, 0.6) is 0 Å². The molecule has 1 atom stereocenters. The van der Waals surface area contributed by atoms with Gasteiger partial charge < -0.3 is 14.1 Å². The molecule has 0 aliphatic carbocycles. The third-order valence-corrected chi connectivity index (χ3v) is 6.22. The van der Waals surface area contributed by atoms with Crippen molar-refractivity contribution in [2.24, 2.45) is 0 Å². The fourth-order valence-corrected chi connectivity index (χ4v) is 4.74. The molecule has 0 radical (unpaired) electrons. The highest BCUT2D eigenvalue weighted by molar-refractivity contribution is 8.26. The smallest absolute Gasteiger partial charge is 0.266 e. The Hall–Kier alpha value is -1.31. The summed E-state index contributed by atoms with van der Waals surface area (Å²) in [6.45, 7) is 3.41. The zero-order valence-electron chi connectivity index (χ0n) is 14.1. The number of carbonyl (C=O) groups excluding carboxylic acids is 1. The van der Waals surface area contributed by atoms with Crippen molar-refractivity contribution in [3.8, 4) is 0 Å². The van der Waals surface area contributed by atoms with Crippen molar-refractivity contribution in [3.63, 3.8) is 0 Å². The molecular weight excluding hydrogens is 356 g/mol. The number of ether oxygens (including phenoxy) is 1. The van der Waals surface area contributed by atoms with E-state index >= 15 is 0 Å². The van der Waals surface area contributed by atoms with Gasteiger partial charge >= 0.3 is 0 Å². The summed E-state index contributed by atoms with van der Waals surface area (Å²) in [5.41, 5.74) is 0. The van der Waals surface area contributed by atoms with Crippen LogP contribution in [0.3, 0.4) is 0 Å². The standard InChI is InChI=1S/C18H22N2O3S2/c21-17-15(25-18(24)20(17)12-14-5-4-10-22-14)11-13-6-7-16(23-13)19-8-2-1-3-9-19/h6-7,11,14H,1-5,8-10,12H2/b15-11-. The van der Waals surface area contributed by atoms with Crippen molar-refractivity contribution in [2.75, 3.05) is 31.1 Å². The Labute approximate surface area is 157 Å². The summed E-state index contributed by atoms with van der Waals surface area (Å²) in [5, 5.41) is 0. The summed E-state index contributed by atoms with van der Waals surface area (Å²) in [6, 6.07) is 3.92. The van der Waals surface area contributed by atoms with E-state index in [1.165, 1.54) is 31.0 Å². The number of piperidine rings is 1. The Morgan fingerprint density at radius 2 is 2.08 bits per heavy atom. The van der Waals surface area contributed by atoms with Crippen molar-refractivity contribution in [1.82, 2.24) is 4.90 Å². The second-order valence-corrected chi connectivity index (χ2v) is 8.33. The lowest BCUT2D eigenvalue weighted by molar-refractivity contribution is -0.123. The molecule has 25 heavy (non-hydrogen) atoms. The highest BCUT2D eigenvalue weighted by atomic mass is 32.2. The molecule has 7 heteroatoms. The summed E-state index contributed by atoms with van der Waals surface area (Å²) in [6.07, 6.45) is 7.67. The number of hydrogen-bond donors (Lipinski definition) is 0. The van der Waals surface area contributed by atoms with E-state index in [1.807, 2.05) is 18.2 Å². The van der Waals surface area contributed by atoms with Gasteiger partial charge in [0, 0.05) is 31.8 Å².